The minimum absolute atomic E-state index is 0.0417. The van der Waals surface area contributed by atoms with Crippen molar-refractivity contribution in [1.29, 1.82) is 0 Å². The molecule has 0 spiro atoms. The minimum atomic E-state index is -0.822. The molecule has 1 amide bonds. The quantitative estimate of drug-likeness (QED) is 0.431. The van der Waals surface area contributed by atoms with Gasteiger partial charge in [0.1, 0.15) is 0 Å². The Balaban J connectivity index is 0. The fourth-order valence-corrected chi connectivity index (χ4v) is 2.81. The van der Waals surface area contributed by atoms with Crippen LogP contribution in [0, 0.1) is 11.8 Å². The number of nitrogens with zero attached hydrogens (tertiary/aromatic N) is 1. The zero-order valence-electron chi connectivity index (χ0n) is 17.2. The number of amides is 1. The molecular formula is C20H42N2O3. The maximum Gasteiger partial charge on any atom is 0.317 e. The molecule has 0 aromatic carbocycles. The first-order valence-electron chi connectivity index (χ1n) is 10.0. The first kappa shape index (κ1) is 26.1. The molecule has 5 heteroatoms. The molecule has 0 heterocycles. The molecule has 0 aliphatic rings. The lowest BCUT2D eigenvalue weighted by Crippen LogP contribution is -2.32. The number of hydrogen-bond donors (Lipinski definition) is 2. The number of hydrogen-bond acceptors (Lipinski definition) is 3. The number of carboxylic acid groups (broad SMARTS) is 1. The zero-order valence-corrected chi connectivity index (χ0v) is 17.2. The highest BCUT2D eigenvalue weighted by molar-refractivity contribution is 5.68. The Bertz CT molecular complexity index is 293. The molecule has 0 fully saturated rings. The Morgan fingerprint density at radius 1 is 1.00 bits per heavy atom. The fraction of sp³-hybridized carbons (Fsp3) is 0.900. The molecule has 0 aromatic heterocycles. The molecule has 0 saturated heterocycles. The number of aliphatic carboxylic acids is 1. The highest BCUT2D eigenvalue weighted by Gasteiger charge is 2.15. The third kappa shape index (κ3) is 17.5. The number of carbonyl (C=O) groups excluding carboxylic acids is 1. The third-order valence-electron chi connectivity index (χ3n) is 4.55. The van der Waals surface area contributed by atoms with E-state index in [1.807, 2.05) is 4.90 Å². The largest absolute Gasteiger partial charge is 0.480 e. The Morgan fingerprint density at radius 3 is 1.64 bits per heavy atom. The lowest BCUT2D eigenvalue weighted by molar-refractivity contribution is -0.135. The summed E-state index contributed by atoms with van der Waals surface area (Å²) in [5.41, 5.74) is 0. The van der Waals surface area contributed by atoms with E-state index in [-0.39, 0.29) is 6.54 Å². The van der Waals surface area contributed by atoms with Gasteiger partial charge in [-0.3, -0.25) is 9.59 Å². The summed E-state index contributed by atoms with van der Waals surface area (Å²) in [6, 6.07) is 0. The van der Waals surface area contributed by atoms with Gasteiger partial charge in [0.05, 0.1) is 6.54 Å². The van der Waals surface area contributed by atoms with Crippen LogP contribution in [0.3, 0.4) is 0 Å². The maximum atomic E-state index is 11.3. The normalized spacial score (nSPS) is 12.7. The highest BCUT2D eigenvalue weighted by Crippen LogP contribution is 2.17. The molecule has 2 N–H and O–H groups in total. The van der Waals surface area contributed by atoms with Gasteiger partial charge in [-0.25, -0.2) is 0 Å². The summed E-state index contributed by atoms with van der Waals surface area (Å²) >= 11 is 0. The summed E-state index contributed by atoms with van der Waals surface area (Å²) in [4.78, 5) is 22.9. The summed E-state index contributed by atoms with van der Waals surface area (Å²) in [7, 11) is 1.59. The van der Waals surface area contributed by atoms with Gasteiger partial charge >= 0.3 is 5.97 Å². The second-order valence-electron chi connectivity index (χ2n) is 6.82. The van der Waals surface area contributed by atoms with Crippen molar-refractivity contribution in [1.82, 2.24) is 10.2 Å². The molecule has 2 unspecified atom stereocenters. The van der Waals surface area contributed by atoms with Gasteiger partial charge in [-0.2, -0.15) is 0 Å². The van der Waals surface area contributed by atoms with Crippen molar-refractivity contribution in [3.8, 4) is 0 Å². The highest BCUT2D eigenvalue weighted by atomic mass is 16.4. The van der Waals surface area contributed by atoms with Gasteiger partial charge in [0.15, 0.2) is 0 Å². The molecule has 0 radical (unpaired) electrons. The summed E-state index contributed by atoms with van der Waals surface area (Å²) in [6.07, 6.45) is 11.1. The predicted octanol–water partition coefficient (Wildman–Crippen LogP) is 4.17. The van der Waals surface area contributed by atoms with Gasteiger partial charge in [0.2, 0.25) is 6.41 Å². The van der Waals surface area contributed by atoms with Crippen LogP contribution in [0.25, 0.3) is 0 Å². The molecule has 0 bridgehead atoms. The van der Waals surface area contributed by atoms with E-state index in [1.54, 1.807) is 7.05 Å². The average Bonchev–Trinajstić information content (AvgIpc) is 2.60. The molecule has 150 valence electrons. The number of nitrogens with one attached hydrogen (secondary N) is 1. The smallest absolute Gasteiger partial charge is 0.317 e. The second-order valence-corrected chi connectivity index (χ2v) is 6.82. The van der Waals surface area contributed by atoms with Crippen molar-refractivity contribution < 1.29 is 14.7 Å². The Kier molecular flexibility index (Phi) is 20.1. The van der Waals surface area contributed by atoms with E-state index < -0.39 is 5.97 Å². The van der Waals surface area contributed by atoms with E-state index in [0.29, 0.717) is 11.8 Å². The molecule has 0 saturated carbocycles. The molecule has 0 aromatic rings. The Labute approximate surface area is 155 Å². The van der Waals surface area contributed by atoms with Gasteiger partial charge in [0, 0.05) is 13.1 Å². The van der Waals surface area contributed by atoms with Crippen molar-refractivity contribution in [2.24, 2.45) is 11.8 Å². The standard InChI is InChI=1S/C17H35NO.C3H7NO2/c1-5-9-11-16(7-3)13-18(15-19)14-17(8-4)12-10-6-2;1-4-2-3(5)6/h15-17H,5-14H2,1-4H3;4H,2H2,1H3,(H,5,6). The van der Waals surface area contributed by atoms with Crippen LogP contribution in [0.4, 0.5) is 0 Å². The van der Waals surface area contributed by atoms with Crippen LogP contribution in [0.2, 0.25) is 0 Å². The van der Waals surface area contributed by atoms with Crippen LogP contribution in [0.1, 0.15) is 79.1 Å². The van der Waals surface area contributed by atoms with Crippen LogP contribution in [0.5, 0.6) is 0 Å². The van der Waals surface area contributed by atoms with E-state index in [9.17, 15) is 9.59 Å². The second kappa shape index (κ2) is 19.2. The molecule has 0 aliphatic heterocycles. The summed E-state index contributed by atoms with van der Waals surface area (Å²) in [5.74, 6) is 0.556. The zero-order chi connectivity index (χ0) is 19.5. The van der Waals surface area contributed by atoms with E-state index >= 15 is 0 Å². The third-order valence-corrected chi connectivity index (χ3v) is 4.55. The number of carboxylic acids is 1. The molecule has 0 rings (SSSR count). The number of unbranched alkanes of at least 4 members (excludes halogenated alkanes) is 2. The van der Waals surface area contributed by atoms with Crippen molar-refractivity contribution in [2.75, 3.05) is 26.7 Å². The lowest BCUT2D eigenvalue weighted by Gasteiger charge is -2.27. The van der Waals surface area contributed by atoms with Gasteiger partial charge in [-0.1, -0.05) is 66.2 Å². The van der Waals surface area contributed by atoms with E-state index in [0.717, 1.165) is 19.5 Å². The molecule has 2 atom stereocenters. The first-order chi connectivity index (χ1) is 12.0. The van der Waals surface area contributed by atoms with E-state index in [4.69, 9.17) is 5.11 Å². The molecular weight excluding hydrogens is 316 g/mol. The SMILES string of the molecule is CCCCC(CC)CN(C=O)CC(CC)CCCC.CNCC(=O)O. The number of likely N-dealkylation sites (N-methyl/N-ethyl adjacent to an activating group) is 1. The topological polar surface area (TPSA) is 69.6 Å². The first-order valence-corrected chi connectivity index (χ1v) is 10.0. The molecule has 25 heavy (non-hydrogen) atoms. The fourth-order valence-electron chi connectivity index (χ4n) is 2.81. The maximum absolute atomic E-state index is 11.3. The van der Waals surface area contributed by atoms with Crippen LogP contribution in [-0.4, -0.2) is 49.1 Å². The van der Waals surface area contributed by atoms with Gasteiger partial charge in [-0.05, 0) is 31.7 Å². The van der Waals surface area contributed by atoms with E-state index in [2.05, 4.69) is 33.0 Å². The van der Waals surface area contributed by atoms with Gasteiger partial charge in [-0.15, -0.1) is 0 Å². The lowest BCUT2D eigenvalue weighted by atomic mass is 9.96. The summed E-state index contributed by atoms with van der Waals surface area (Å²) in [6.45, 7) is 10.9. The van der Waals surface area contributed by atoms with Crippen LogP contribution in [-0.2, 0) is 9.59 Å². The van der Waals surface area contributed by atoms with Gasteiger partial charge < -0.3 is 15.3 Å². The van der Waals surface area contributed by atoms with Crippen LogP contribution >= 0.6 is 0 Å². The average molecular weight is 359 g/mol. The van der Waals surface area contributed by atoms with Crippen molar-refractivity contribution in [3.63, 3.8) is 0 Å². The monoisotopic (exact) mass is 358 g/mol. The molecule has 0 aliphatic carbocycles. The minimum Gasteiger partial charge on any atom is -0.480 e. The van der Waals surface area contributed by atoms with Crippen molar-refractivity contribution in [3.05, 3.63) is 0 Å². The number of carbonyl (C=O) groups is 2. The predicted molar refractivity (Wildman–Crippen MR) is 106 cm³/mol. The Hall–Kier alpha value is -1.10. The Morgan fingerprint density at radius 2 is 1.44 bits per heavy atom. The van der Waals surface area contributed by atoms with E-state index in [1.165, 1.54) is 51.4 Å². The summed E-state index contributed by atoms with van der Waals surface area (Å²) < 4.78 is 0. The van der Waals surface area contributed by atoms with Crippen molar-refractivity contribution >= 4 is 12.4 Å². The molecule has 5 nitrogen and oxygen atoms in total. The summed E-state index contributed by atoms with van der Waals surface area (Å²) in [5, 5.41) is 10.3. The van der Waals surface area contributed by atoms with Crippen LogP contribution < -0.4 is 5.32 Å². The van der Waals surface area contributed by atoms with Gasteiger partial charge in [0.25, 0.3) is 0 Å². The number of rotatable bonds is 15. The van der Waals surface area contributed by atoms with Crippen molar-refractivity contribution in [2.45, 2.75) is 79.1 Å². The van der Waals surface area contributed by atoms with Crippen LogP contribution in [0.15, 0.2) is 0 Å².